The van der Waals surface area contributed by atoms with Crippen LogP contribution in [0.5, 0.6) is 0 Å². The maximum absolute atomic E-state index is 12.6. The van der Waals surface area contributed by atoms with Crippen LogP contribution in [0.25, 0.3) is 0 Å². The average molecular weight is 378 g/mol. The van der Waals surface area contributed by atoms with E-state index >= 15 is 0 Å². The van der Waals surface area contributed by atoms with E-state index in [9.17, 15) is 21.6 Å². The van der Waals surface area contributed by atoms with Crippen LogP contribution < -0.4 is 0 Å². The summed E-state index contributed by atoms with van der Waals surface area (Å²) in [5.41, 5.74) is 0. The standard InChI is InChI=1S/C13H12ClNO6S2/c1-21-13(16)8-22(17,18)11-6-15-7-12(11)23(19,20)10-4-2-9(14)3-5-10/h2-7,15H,8H2,1H3. The molecule has 23 heavy (non-hydrogen) atoms. The van der Waals surface area contributed by atoms with E-state index in [0.717, 1.165) is 19.5 Å². The summed E-state index contributed by atoms with van der Waals surface area (Å²) in [6.45, 7) is 0. The van der Waals surface area contributed by atoms with E-state index in [0.29, 0.717) is 5.02 Å². The number of ether oxygens (including phenoxy) is 1. The van der Waals surface area contributed by atoms with Gasteiger partial charge in [0.05, 0.1) is 12.0 Å². The van der Waals surface area contributed by atoms with Crippen LogP contribution in [0.1, 0.15) is 0 Å². The average Bonchev–Trinajstić information content (AvgIpc) is 2.98. The van der Waals surface area contributed by atoms with Crippen LogP contribution in [0, 0.1) is 0 Å². The van der Waals surface area contributed by atoms with Crippen molar-refractivity contribution in [2.75, 3.05) is 12.9 Å². The number of H-pyrrole nitrogens is 1. The molecule has 2 rings (SSSR count). The van der Waals surface area contributed by atoms with Crippen LogP contribution >= 0.6 is 11.6 Å². The van der Waals surface area contributed by atoms with Gasteiger partial charge in [-0.25, -0.2) is 16.8 Å². The summed E-state index contributed by atoms with van der Waals surface area (Å²) >= 11 is 5.72. The van der Waals surface area contributed by atoms with Crippen LogP contribution in [-0.2, 0) is 29.2 Å². The number of methoxy groups -OCH3 is 1. The van der Waals surface area contributed by atoms with Gasteiger partial charge >= 0.3 is 5.97 Å². The molecule has 0 aliphatic rings. The van der Waals surface area contributed by atoms with Crippen LogP contribution in [0.4, 0.5) is 0 Å². The van der Waals surface area contributed by atoms with Gasteiger partial charge in [0.25, 0.3) is 0 Å². The zero-order valence-corrected chi connectivity index (χ0v) is 14.2. The zero-order valence-electron chi connectivity index (χ0n) is 11.8. The predicted molar refractivity (Wildman–Crippen MR) is 81.8 cm³/mol. The molecule has 0 amide bonds. The first kappa shape index (κ1) is 17.5. The molecule has 0 unspecified atom stereocenters. The molecule has 1 aromatic heterocycles. The fraction of sp³-hybridized carbons (Fsp3) is 0.154. The first-order chi connectivity index (χ1) is 10.7. The van der Waals surface area contributed by atoms with Crippen molar-refractivity contribution in [2.24, 2.45) is 0 Å². The Morgan fingerprint density at radius 1 is 1.09 bits per heavy atom. The molecule has 7 nitrogen and oxygen atoms in total. The Bertz CT molecular complexity index is 929. The normalized spacial score (nSPS) is 12.1. The molecular weight excluding hydrogens is 366 g/mol. The summed E-state index contributed by atoms with van der Waals surface area (Å²) in [6, 6.07) is 5.29. The largest absolute Gasteiger partial charge is 0.468 e. The maximum Gasteiger partial charge on any atom is 0.321 e. The molecule has 124 valence electrons. The van der Waals surface area contributed by atoms with Gasteiger partial charge in [-0.3, -0.25) is 4.79 Å². The molecule has 0 saturated heterocycles. The number of carbonyl (C=O) groups excluding carboxylic acids is 1. The molecular formula is C13H12ClNO6S2. The Hall–Kier alpha value is -1.84. The molecule has 0 spiro atoms. The molecule has 0 saturated carbocycles. The Morgan fingerprint density at radius 3 is 2.22 bits per heavy atom. The minimum absolute atomic E-state index is 0.115. The van der Waals surface area contributed by atoms with E-state index in [1.54, 1.807) is 0 Å². The van der Waals surface area contributed by atoms with Crippen molar-refractivity contribution >= 4 is 37.2 Å². The fourth-order valence-corrected chi connectivity index (χ4v) is 5.15. The van der Waals surface area contributed by atoms with E-state index in [4.69, 9.17) is 11.6 Å². The third kappa shape index (κ3) is 3.57. The molecule has 0 fully saturated rings. The second kappa shape index (κ2) is 6.34. The summed E-state index contributed by atoms with van der Waals surface area (Å²) < 4.78 is 53.9. The maximum atomic E-state index is 12.6. The molecule has 0 bridgehead atoms. The molecule has 0 aliphatic carbocycles. The van der Waals surface area contributed by atoms with E-state index in [-0.39, 0.29) is 4.90 Å². The SMILES string of the molecule is COC(=O)CS(=O)(=O)c1c[nH]cc1S(=O)(=O)c1ccc(Cl)cc1. The van der Waals surface area contributed by atoms with Crippen LogP contribution in [0.2, 0.25) is 5.02 Å². The number of rotatable bonds is 5. The van der Waals surface area contributed by atoms with Crippen LogP contribution in [0.15, 0.2) is 51.3 Å². The van der Waals surface area contributed by atoms with Crippen molar-refractivity contribution < 1.29 is 26.4 Å². The molecule has 0 radical (unpaired) electrons. The van der Waals surface area contributed by atoms with E-state index in [1.807, 2.05) is 0 Å². The lowest BCUT2D eigenvalue weighted by Crippen LogP contribution is -2.18. The van der Waals surface area contributed by atoms with Crippen molar-refractivity contribution in [2.45, 2.75) is 14.7 Å². The van der Waals surface area contributed by atoms with Gasteiger partial charge in [0, 0.05) is 17.4 Å². The number of esters is 1. The van der Waals surface area contributed by atoms with Crippen molar-refractivity contribution in [1.29, 1.82) is 0 Å². The number of aromatic amines is 1. The first-order valence-electron chi connectivity index (χ1n) is 6.15. The first-order valence-corrected chi connectivity index (χ1v) is 9.67. The highest BCUT2D eigenvalue weighted by atomic mass is 35.5. The highest BCUT2D eigenvalue weighted by molar-refractivity contribution is 7.95. The van der Waals surface area contributed by atoms with Gasteiger partial charge in [-0.15, -0.1) is 0 Å². The molecule has 0 aliphatic heterocycles. The third-order valence-electron chi connectivity index (χ3n) is 2.96. The third-order valence-corrected chi connectivity index (χ3v) is 6.77. The summed E-state index contributed by atoms with van der Waals surface area (Å²) in [5.74, 6) is -1.94. The second-order valence-electron chi connectivity index (χ2n) is 4.48. The lowest BCUT2D eigenvalue weighted by molar-refractivity contribution is -0.137. The highest BCUT2D eigenvalue weighted by Gasteiger charge is 2.30. The number of benzene rings is 1. The summed E-state index contributed by atoms with van der Waals surface area (Å²) in [7, 11) is -7.22. The topological polar surface area (TPSA) is 110 Å². The number of nitrogens with one attached hydrogen (secondary N) is 1. The monoisotopic (exact) mass is 377 g/mol. The van der Waals surface area contributed by atoms with Crippen molar-refractivity contribution in [1.82, 2.24) is 4.98 Å². The van der Waals surface area contributed by atoms with Gasteiger partial charge in [-0.05, 0) is 24.3 Å². The Labute approximate surface area is 138 Å². The number of hydrogen-bond donors (Lipinski definition) is 1. The Morgan fingerprint density at radius 2 is 1.65 bits per heavy atom. The van der Waals surface area contributed by atoms with Gasteiger partial charge < -0.3 is 9.72 Å². The van der Waals surface area contributed by atoms with Crippen LogP contribution in [0.3, 0.4) is 0 Å². The van der Waals surface area contributed by atoms with E-state index in [2.05, 4.69) is 9.72 Å². The lowest BCUT2D eigenvalue weighted by Gasteiger charge is -2.07. The second-order valence-corrected chi connectivity index (χ2v) is 8.79. The predicted octanol–water partition coefficient (Wildman–Crippen LogP) is 1.45. The molecule has 1 N–H and O–H groups in total. The zero-order chi connectivity index (χ0) is 17.3. The smallest absolute Gasteiger partial charge is 0.321 e. The Balaban J connectivity index is 2.53. The van der Waals surface area contributed by atoms with E-state index < -0.39 is 41.2 Å². The number of hydrogen-bond acceptors (Lipinski definition) is 6. The highest BCUT2D eigenvalue weighted by Crippen LogP contribution is 2.28. The van der Waals surface area contributed by atoms with Crippen molar-refractivity contribution in [3.05, 3.63) is 41.7 Å². The van der Waals surface area contributed by atoms with Gasteiger partial charge in [0.1, 0.15) is 9.79 Å². The van der Waals surface area contributed by atoms with Crippen molar-refractivity contribution in [3.63, 3.8) is 0 Å². The molecule has 2 aromatic rings. The Kier molecular flexibility index (Phi) is 4.83. The van der Waals surface area contributed by atoms with Gasteiger partial charge in [-0.1, -0.05) is 11.6 Å². The number of aromatic nitrogens is 1. The fourth-order valence-electron chi connectivity index (χ4n) is 1.82. The van der Waals surface area contributed by atoms with Gasteiger partial charge in [0.2, 0.25) is 9.84 Å². The molecule has 10 heteroatoms. The molecule has 1 aromatic carbocycles. The minimum Gasteiger partial charge on any atom is -0.468 e. The van der Waals surface area contributed by atoms with Gasteiger partial charge in [0.15, 0.2) is 15.6 Å². The minimum atomic E-state index is -4.17. The number of carbonyl (C=O) groups is 1. The lowest BCUT2D eigenvalue weighted by atomic mass is 10.4. The summed E-state index contributed by atoms with van der Waals surface area (Å²) in [6.07, 6.45) is 2.06. The number of sulfone groups is 2. The van der Waals surface area contributed by atoms with Gasteiger partial charge in [-0.2, -0.15) is 0 Å². The summed E-state index contributed by atoms with van der Waals surface area (Å²) in [4.78, 5) is 12.6. The number of halogens is 1. The van der Waals surface area contributed by atoms with Crippen molar-refractivity contribution in [3.8, 4) is 0 Å². The molecule has 0 atom stereocenters. The summed E-state index contributed by atoms with van der Waals surface area (Å²) in [5, 5.41) is 0.344. The quantitative estimate of drug-likeness (QED) is 0.789. The van der Waals surface area contributed by atoms with Crippen LogP contribution in [-0.4, -0.2) is 40.7 Å². The van der Waals surface area contributed by atoms with E-state index in [1.165, 1.54) is 24.3 Å². The molecule has 1 heterocycles.